The van der Waals surface area contributed by atoms with Gasteiger partial charge in [0.1, 0.15) is 6.04 Å². The molecule has 4 nitrogen and oxygen atoms in total. The number of hydrogen-bond acceptors (Lipinski definition) is 4. The van der Waals surface area contributed by atoms with E-state index in [2.05, 4.69) is 10.6 Å². The quantitative estimate of drug-likeness (QED) is 0.881. The lowest BCUT2D eigenvalue weighted by atomic mass is 10.1. The molecular formula is C12H17ClN2O2S. The Labute approximate surface area is 116 Å². The SMILES string of the molecule is C[C@H]1OCCN[C@@H]1C(=O)NCCc1ccc(Cl)s1. The van der Waals surface area contributed by atoms with Gasteiger partial charge >= 0.3 is 0 Å². The van der Waals surface area contributed by atoms with Crippen molar-refractivity contribution in [2.24, 2.45) is 0 Å². The highest BCUT2D eigenvalue weighted by Gasteiger charge is 2.27. The number of morpholine rings is 1. The van der Waals surface area contributed by atoms with Crippen LogP contribution in [0, 0.1) is 0 Å². The van der Waals surface area contributed by atoms with E-state index in [-0.39, 0.29) is 18.1 Å². The minimum Gasteiger partial charge on any atom is -0.375 e. The number of hydrogen-bond donors (Lipinski definition) is 2. The van der Waals surface area contributed by atoms with Crippen LogP contribution in [0.5, 0.6) is 0 Å². The van der Waals surface area contributed by atoms with Gasteiger partial charge in [0.2, 0.25) is 5.91 Å². The van der Waals surface area contributed by atoms with Crippen LogP contribution < -0.4 is 10.6 Å². The topological polar surface area (TPSA) is 50.4 Å². The van der Waals surface area contributed by atoms with E-state index in [1.54, 1.807) is 11.3 Å². The van der Waals surface area contributed by atoms with Crippen molar-refractivity contribution in [2.45, 2.75) is 25.5 Å². The number of rotatable bonds is 4. The number of nitrogens with one attached hydrogen (secondary N) is 2. The van der Waals surface area contributed by atoms with Crippen molar-refractivity contribution >= 4 is 28.8 Å². The van der Waals surface area contributed by atoms with E-state index in [0.29, 0.717) is 13.2 Å². The molecule has 2 atom stereocenters. The van der Waals surface area contributed by atoms with Crippen LogP contribution in [0.3, 0.4) is 0 Å². The Balaban J connectivity index is 1.74. The van der Waals surface area contributed by atoms with E-state index in [0.717, 1.165) is 17.3 Å². The fourth-order valence-electron chi connectivity index (χ4n) is 1.93. The maximum atomic E-state index is 11.9. The average molecular weight is 289 g/mol. The lowest BCUT2D eigenvalue weighted by Gasteiger charge is -2.29. The van der Waals surface area contributed by atoms with E-state index in [9.17, 15) is 4.79 Å². The van der Waals surface area contributed by atoms with Gasteiger partial charge in [0, 0.05) is 18.0 Å². The number of ether oxygens (including phenoxy) is 1. The van der Waals surface area contributed by atoms with Gasteiger partial charge in [-0.1, -0.05) is 11.6 Å². The van der Waals surface area contributed by atoms with Gasteiger partial charge in [-0.05, 0) is 25.5 Å². The highest BCUT2D eigenvalue weighted by molar-refractivity contribution is 7.16. The van der Waals surface area contributed by atoms with Gasteiger partial charge in [-0.15, -0.1) is 11.3 Å². The van der Waals surface area contributed by atoms with Crippen LogP contribution in [0.1, 0.15) is 11.8 Å². The second-order valence-corrected chi connectivity index (χ2v) is 6.05. The molecule has 0 bridgehead atoms. The molecule has 100 valence electrons. The molecule has 6 heteroatoms. The van der Waals surface area contributed by atoms with E-state index >= 15 is 0 Å². The summed E-state index contributed by atoms with van der Waals surface area (Å²) >= 11 is 7.40. The van der Waals surface area contributed by atoms with Crippen molar-refractivity contribution < 1.29 is 9.53 Å². The van der Waals surface area contributed by atoms with Crippen LogP contribution in [0.4, 0.5) is 0 Å². The average Bonchev–Trinajstić information content (AvgIpc) is 2.75. The van der Waals surface area contributed by atoms with Gasteiger partial charge in [-0.3, -0.25) is 4.79 Å². The zero-order valence-electron chi connectivity index (χ0n) is 10.2. The largest absolute Gasteiger partial charge is 0.375 e. The predicted octanol–water partition coefficient (Wildman–Crippen LogP) is 1.44. The molecule has 0 aromatic carbocycles. The maximum absolute atomic E-state index is 11.9. The molecule has 1 fully saturated rings. The van der Waals surface area contributed by atoms with E-state index in [4.69, 9.17) is 16.3 Å². The Bertz CT molecular complexity index is 411. The van der Waals surface area contributed by atoms with Crippen LogP contribution in [-0.4, -0.2) is 37.7 Å². The summed E-state index contributed by atoms with van der Waals surface area (Å²) in [6, 6.07) is 3.62. The molecule has 2 rings (SSSR count). The lowest BCUT2D eigenvalue weighted by Crippen LogP contribution is -2.55. The van der Waals surface area contributed by atoms with Gasteiger partial charge < -0.3 is 15.4 Å². The van der Waals surface area contributed by atoms with Crippen molar-refractivity contribution in [1.82, 2.24) is 10.6 Å². The Hall–Kier alpha value is -0.620. The van der Waals surface area contributed by atoms with E-state index in [1.807, 2.05) is 19.1 Å². The van der Waals surface area contributed by atoms with Crippen molar-refractivity contribution in [3.8, 4) is 0 Å². The summed E-state index contributed by atoms with van der Waals surface area (Å²) in [6.45, 7) is 3.93. The second kappa shape index (κ2) is 6.52. The van der Waals surface area contributed by atoms with Crippen molar-refractivity contribution in [3.05, 3.63) is 21.3 Å². The first kappa shape index (κ1) is 13.8. The van der Waals surface area contributed by atoms with E-state index < -0.39 is 0 Å². The van der Waals surface area contributed by atoms with Gasteiger partial charge in [0.15, 0.2) is 0 Å². The summed E-state index contributed by atoms with van der Waals surface area (Å²) in [4.78, 5) is 13.1. The molecule has 18 heavy (non-hydrogen) atoms. The Morgan fingerprint density at radius 2 is 2.50 bits per heavy atom. The van der Waals surface area contributed by atoms with Crippen LogP contribution >= 0.6 is 22.9 Å². The monoisotopic (exact) mass is 288 g/mol. The first-order valence-electron chi connectivity index (χ1n) is 6.04. The smallest absolute Gasteiger partial charge is 0.239 e. The first-order valence-corrected chi connectivity index (χ1v) is 7.23. The third kappa shape index (κ3) is 3.68. The normalized spacial score (nSPS) is 23.9. The standard InChI is InChI=1S/C12H17ClN2O2S/c1-8-11(14-6-7-17-8)12(16)15-5-4-9-2-3-10(13)18-9/h2-3,8,11,14H,4-7H2,1H3,(H,15,16)/t8-,11+/m1/s1. The highest BCUT2D eigenvalue weighted by Crippen LogP contribution is 2.21. The number of carbonyl (C=O) groups is 1. The zero-order chi connectivity index (χ0) is 13.0. The summed E-state index contributed by atoms with van der Waals surface area (Å²) in [5, 5.41) is 6.09. The number of carbonyl (C=O) groups excluding carboxylic acids is 1. The van der Waals surface area contributed by atoms with E-state index in [1.165, 1.54) is 4.88 Å². The molecule has 2 heterocycles. The molecule has 1 aliphatic heterocycles. The van der Waals surface area contributed by atoms with Gasteiger partial charge in [0.05, 0.1) is 17.0 Å². The number of thiophene rings is 1. The minimum atomic E-state index is -0.245. The van der Waals surface area contributed by atoms with Crippen LogP contribution in [-0.2, 0) is 16.0 Å². The third-order valence-corrected chi connectivity index (χ3v) is 4.19. The molecule has 0 radical (unpaired) electrons. The summed E-state index contributed by atoms with van der Waals surface area (Å²) < 4.78 is 6.23. The number of halogens is 1. The molecule has 1 aromatic rings. The van der Waals surface area contributed by atoms with Crippen molar-refractivity contribution in [2.75, 3.05) is 19.7 Å². The summed E-state index contributed by atoms with van der Waals surface area (Å²) in [5.41, 5.74) is 0. The molecule has 0 aliphatic carbocycles. The molecule has 1 aliphatic rings. The number of amides is 1. The molecule has 0 unspecified atom stereocenters. The fourth-order valence-corrected chi connectivity index (χ4v) is 3.02. The first-order chi connectivity index (χ1) is 8.66. The minimum absolute atomic E-state index is 0.00449. The van der Waals surface area contributed by atoms with Crippen LogP contribution in [0.25, 0.3) is 0 Å². The highest BCUT2D eigenvalue weighted by atomic mass is 35.5. The van der Waals surface area contributed by atoms with Gasteiger partial charge in [0.25, 0.3) is 0 Å². The molecule has 1 saturated heterocycles. The predicted molar refractivity (Wildman–Crippen MR) is 73.2 cm³/mol. The second-order valence-electron chi connectivity index (χ2n) is 4.25. The maximum Gasteiger partial charge on any atom is 0.239 e. The molecular weight excluding hydrogens is 272 g/mol. The molecule has 2 N–H and O–H groups in total. The van der Waals surface area contributed by atoms with Crippen LogP contribution in [0.15, 0.2) is 12.1 Å². The Morgan fingerprint density at radius 1 is 1.67 bits per heavy atom. The van der Waals surface area contributed by atoms with Gasteiger partial charge in [-0.2, -0.15) is 0 Å². The van der Waals surface area contributed by atoms with Crippen molar-refractivity contribution in [1.29, 1.82) is 0 Å². The van der Waals surface area contributed by atoms with Crippen molar-refractivity contribution in [3.63, 3.8) is 0 Å². The van der Waals surface area contributed by atoms with Gasteiger partial charge in [-0.25, -0.2) is 0 Å². The molecule has 1 aromatic heterocycles. The Morgan fingerprint density at radius 3 is 3.17 bits per heavy atom. The summed E-state index contributed by atoms with van der Waals surface area (Å²) in [5.74, 6) is 0.00449. The summed E-state index contributed by atoms with van der Waals surface area (Å²) in [7, 11) is 0. The zero-order valence-corrected chi connectivity index (χ0v) is 11.8. The molecule has 0 saturated carbocycles. The molecule has 0 spiro atoms. The third-order valence-electron chi connectivity index (χ3n) is 2.90. The molecule has 1 amide bonds. The lowest BCUT2D eigenvalue weighted by molar-refractivity contribution is -0.128. The Kier molecular flexibility index (Phi) is 5.00. The summed E-state index contributed by atoms with van der Waals surface area (Å²) in [6.07, 6.45) is 0.736. The van der Waals surface area contributed by atoms with Crippen LogP contribution in [0.2, 0.25) is 4.34 Å². The fraction of sp³-hybridized carbons (Fsp3) is 0.583.